The van der Waals surface area contributed by atoms with Gasteiger partial charge in [-0.1, -0.05) is 6.07 Å². The van der Waals surface area contributed by atoms with Gasteiger partial charge in [0.2, 0.25) is 5.91 Å². The fraction of sp³-hybridized carbons (Fsp3) is 0.500. The highest BCUT2D eigenvalue weighted by Crippen LogP contribution is 2.32. The van der Waals surface area contributed by atoms with Gasteiger partial charge in [0.15, 0.2) is 17.3 Å². The standard InChI is InChI=1S/C26H33N5O3/c1-33-22-8-7-18(17-23(22)34-2)9-12-28-26(32)19-10-14-30(15-11-19)25-24-20-5-3-4-6-21(20)29-31(24)16-13-27-25/h7-8,13,16-17,19H,3-6,9-12,14-15H2,1-2H3,(H,28,32). The van der Waals surface area contributed by atoms with Gasteiger partial charge in [0.1, 0.15) is 5.52 Å². The lowest BCUT2D eigenvalue weighted by molar-refractivity contribution is -0.125. The Kier molecular flexibility index (Phi) is 6.56. The van der Waals surface area contributed by atoms with Crippen molar-refractivity contribution >= 4 is 17.2 Å². The van der Waals surface area contributed by atoms with Gasteiger partial charge in [0.25, 0.3) is 0 Å². The second-order valence-electron chi connectivity index (χ2n) is 9.17. The number of piperidine rings is 1. The van der Waals surface area contributed by atoms with Crippen LogP contribution in [0.25, 0.3) is 5.52 Å². The summed E-state index contributed by atoms with van der Waals surface area (Å²) in [4.78, 5) is 19.9. The van der Waals surface area contributed by atoms with Crippen LogP contribution in [-0.4, -0.2) is 54.4 Å². The van der Waals surface area contributed by atoms with E-state index in [0.717, 1.165) is 62.1 Å². The first-order valence-electron chi connectivity index (χ1n) is 12.3. The molecule has 1 aromatic carbocycles. The van der Waals surface area contributed by atoms with Crippen molar-refractivity contribution in [1.29, 1.82) is 0 Å². The molecule has 0 atom stereocenters. The van der Waals surface area contributed by atoms with Crippen LogP contribution in [0.1, 0.15) is 42.5 Å². The van der Waals surface area contributed by atoms with E-state index in [1.165, 1.54) is 24.1 Å². The van der Waals surface area contributed by atoms with Gasteiger partial charge in [-0.3, -0.25) is 4.79 Å². The van der Waals surface area contributed by atoms with Gasteiger partial charge in [0, 0.05) is 43.5 Å². The van der Waals surface area contributed by atoms with Crippen LogP contribution in [0.15, 0.2) is 30.6 Å². The predicted molar refractivity (Wildman–Crippen MR) is 131 cm³/mol. The van der Waals surface area contributed by atoms with E-state index < -0.39 is 0 Å². The Morgan fingerprint density at radius 2 is 1.91 bits per heavy atom. The molecule has 0 radical (unpaired) electrons. The molecule has 1 aliphatic carbocycles. The van der Waals surface area contributed by atoms with Crippen LogP contribution in [0, 0.1) is 5.92 Å². The summed E-state index contributed by atoms with van der Waals surface area (Å²) in [5, 5.41) is 7.93. The van der Waals surface area contributed by atoms with Gasteiger partial charge in [-0.25, -0.2) is 9.50 Å². The number of fused-ring (bicyclic) bond motifs is 3. The first-order valence-corrected chi connectivity index (χ1v) is 12.3. The largest absolute Gasteiger partial charge is 0.493 e. The molecular weight excluding hydrogens is 430 g/mol. The highest BCUT2D eigenvalue weighted by molar-refractivity contribution is 5.79. The van der Waals surface area contributed by atoms with Crippen LogP contribution >= 0.6 is 0 Å². The molecule has 8 heteroatoms. The number of benzene rings is 1. The molecule has 1 amide bonds. The zero-order valence-electron chi connectivity index (χ0n) is 20.0. The molecule has 8 nitrogen and oxygen atoms in total. The highest BCUT2D eigenvalue weighted by atomic mass is 16.5. The van der Waals surface area contributed by atoms with E-state index in [2.05, 4.69) is 10.2 Å². The van der Waals surface area contributed by atoms with Crippen LogP contribution in [0.4, 0.5) is 5.82 Å². The molecule has 3 heterocycles. The molecule has 2 aromatic heterocycles. The van der Waals surface area contributed by atoms with Crippen molar-refractivity contribution in [2.75, 3.05) is 38.8 Å². The highest BCUT2D eigenvalue weighted by Gasteiger charge is 2.28. The number of nitrogens with zero attached hydrogens (tertiary/aromatic N) is 4. The van der Waals surface area contributed by atoms with Crippen molar-refractivity contribution in [3.63, 3.8) is 0 Å². The number of aromatic nitrogens is 3. The molecule has 3 aromatic rings. The maximum absolute atomic E-state index is 12.8. The minimum absolute atomic E-state index is 0.0419. The lowest BCUT2D eigenvalue weighted by Gasteiger charge is -2.32. The first-order chi connectivity index (χ1) is 16.7. The Morgan fingerprint density at radius 1 is 1.12 bits per heavy atom. The zero-order chi connectivity index (χ0) is 23.5. The van der Waals surface area contributed by atoms with Crippen LogP contribution in [0.5, 0.6) is 11.5 Å². The van der Waals surface area contributed by atoms with Crippen molar-refractivity contribution in [2.45, 2.75) is 44.9 Å². The number of hydrogen-bond donors (Lipinski definition) is 1. The number of methoxy groups -OCH3 is 2. The minimum Gasteiger partial charge on any atom is -0.493 e. The molecule has 0 saturated carbocycles. The van der Waals surface area contributed by atoms with Crippen molar-refractivity contribution in [2.24, 2.45) is 5.92 Å². The maximum Gasteiger partial charge on any atom is 0.223 e. The average molecular weight is 464 g/mol. The third-order valence-electron chi connectivity index (χ3n) is 7.12. The normalized spacial score (nSPS) is 16.4. The van der Waals surface area contributed by atoms with Gasteiger partial charge >= 0.3 is 0 Å². The van der Waals surface area contributed by atoms with Crippen molar-refractivity contribution in [1.82, 2.24) is 19.9 Å². The van der Waals surface area contributed by atoms with E-state index in [9.17, 15) is 4.79 Å². The van der Waals surface area contributed by atoms with Crippen molar-refractivity contribution < 1.29 is 14.3 Å². The molecule has 5 rings (SSSR count). The summed E-state index contributed by atoms with van der Waals surface area (Å²) in [6, 6.07) is 5.87. The SMILES string of the molecule is COc1ccc(CCNC(=O)C2CCN(c3nccn4nc5c(c34)CCCC5)CC2)cc1OC. The lowest BCUT2D eigenvalue weighted by atomic mass is 9.94. The van der Waals surface area contributed by atoms with Gasteiger partial charge in [0.05, 0.1) is 19.9 Å². The smallest absolute Gasteiger partial charge is 0.223 e. The number of aryl methyl sites for hydroxylation is 2. The quantitative estimate of drug-likeness (QED) is 0.580. The number of carbonyl (C=O) groups excluding carboxylic acids is 1. The van der Waals surface area contributed by atoms with E-state index in [1.807, 2.05) is 35.1 Å². The van der Waals surface area contributed by atoms with E-state index in [-0.39, 0.29) is 11.8 Å². The minimum atomic E-state index is 0.0419. The molecule has 34 heavy (non-hydrogen) atoms. The molecule has 180 valence electrons. The lowest BCUT2D eigenvalue weighted by Crippen LogP contribution is -2.41. The van der Waals surface area contributed by atoms with Gasteiger partial charge < -0.3 is 19.7 Å². The summed E-state index contributed by atoms with van der Waals surface area (Å²) < 4.78 is 12.7. The van der Waals surface area contributed by atoms with Gasteiger partial charge in [-0.05, 0) is 62.6 Å². The van der Waals surface area contributed by atoms with Crippen LogP contribution in [0.2, 0.25) is 0 Å². The van der Waals surface area contributed by atoms with Crippen LogP contribution in [0.3, 0.4) is 0 Å². The molecule has 0 unspecified atom stereocenters. The molecular formula is C26H33N5O3. The Hall–Kier alpha value is -3.29. The third kappa shape index (κ3) is 4.41. The molecule has 1 fully saturated rings. The molecule has 1 N–H and O–H groups in total. The number of rotatable bonds is 7. The molecule has 1 aliphatic heterocycles. The summed E-state index contributed by atoms with van der Waals surface area (Å²) in [6.07, 6.45) is 10.8. The van der Waals surface area contributed by atoms with Gasteiger partial charge in [-0.15, -0.1) is 0 Å². The number of nitrogens with one attached hydrogen (secondary N) is 1. The zero-order valence-corrected chi connectivity index (χ0v) is 20.0. The molecule has 0 spiro atoms. The summed E-state index contributed by atoms with van der Waals surface area (Å²) in [6.45, 7) is 2.28. The summed E-state index contributed by atoms with van der Waals surface area (Å²) in [5.41, 5.74) is 4.86. The van der Waals surface area contributed by atoms with E-state index in [4.69, 9.17) is 19.6 Å². The topological polar surface area (TPSA) is 81.0 Å². The van der Waals surface area contributed by atoms with E-state index in [1.54, 1.807) is 14.2 Å². The van der Waals surface area contributed by atoms with Crippen LogP contribution in [-0.2, 0) is 24.1 Å². The van der Waals surface area contributed by atoms with Crippen LogP contribution < -0.4 is 19.7 Å². The number of carbonyl (C=O) groups is 1. The Labute approximate surface area is 200 Å². The molecule has 1 saturated heterocycles. The first kappa shape index (κ1) is 22.5. The monoisotopic (exact) mass is 463 g/mol. The van der Waals surface area contributed by atoms with Crippen molar-refractivity contribution in [3.8, 4) is 11.5 Å². The number of ether oxygens (including phenoxy) is 2. The van der Waals surface area contributed by atoms with E-state index in [0.29, 0.717) is 18.0 Å². The summed E-state index contributed by atoms with van der Waals surface area (Å²) >= 11 is 0. The Morgan fingerprint density at radius 3 is 2.71 bits per heavy atom. The van der Waals surface area contributed by atoms with Gasteiger partial charge in [-0.2, -0.15) is 5.10 Å². The van der Waals surface area contributed by atoms with Crippen molar-refractivity contribution in [3.05, 3.63) is 47.4 Å². The second kappa shape index (κ2) is 9.91. The fourth-order valence-corrected chi connectivity index (χ4v) is 5.24. The summed E-state index contributed by atoms with van der Waals surface area (Å²) in [7, 11) is 3.26. The maximum atomic E-state index is 12.8. The fourth-order valence-electron chi connectivity index (χ4n) is 5.24. The third-order valence-corrected chi connectivity index (χ3v) is 7.12. The molecule has 0 bridgehead atoms. The Bertz CT molecular complexity index is 1170. The molecule has 2 aliphatic rings. The summed E-state index contributed by atoms with van der Waals surface area (Å²) in [5.74, 6) is 2.63. The second-order valence-corrected chi connectivity index (χ2v) is 9.17. The average Bonchev–Trinajstić information content (AvgIpc) is 3.27. The Balaban J connectivity index is 1.17. The number of hydrogen-bond acceptors (Lipinski definition) is 6. The number of amides is 1. The number of anilines is 1. The predicted octanol–water partition coefficient (Wildman–Crippen LogP) is 3.20. The van der Waals surface area contributed by atoms with E-state index >= 15 is 0 Å².